The highest BCUT2D eigenvalue weighted by Gasteiger charge is 2.28. The predicted molar refractivity (Wildman–Crippen MR) is 139 cm³/mol. The van der Waals surface area contributed by atoms with Crippen molar-refractivity contribution in [3.05, 3.63) is 52.6 Å². The lowest BCUT2D eigenvalue weighted by molar-refractivity contribution is -0.131. The number of fused-ring (bicyclic) bond motifs is 1. The van der Waals surface area contributed by atoms with Gasteiger partial charge in [-0.1, -0.05) is 11.6 Å². The highest BCUT2D eigenvalue weighted by molar-refractivity contribution is 6.30. The van der Waals surface area contributed by atoms with Crippen LogP contribution in [0.1, 0.15) is 48.2 Å². The second kappa shape index (κ2) is 11.7. The summed E-state index contributed by atoms with van der Waals surface area (Å²) < 4.78 is 19.1. The molecule has 5 rings (SSSR count). The lowest BCUT2D eigenvalue weighted by Crippen LogP contribution is -2.48. The fourth-order valence-electron chi connectivity index (χ4n) is 5.26. The van der Waals surface area contributed by atoms with E-state index in [4.69, 9.17) is 16.3 Å². The molecule has 3 aliphatic heterocycles. The number of aromatic nitrogens is 1. The Morgan fingerprint density at radius 1 is 1.16 bits per heavy atom. The Kier molecular flexibility index (Phi) is 8.12. The average molecular weight is 528 g/mol. The van der Waals surface area contributed by atoms with Crippen LogP contribution in [0.4, 0.5) is 10.1 Å². The van der Waals surface area contributed by atoms with Gasteiger partial charge in [-0.05, 0) is 57.0 Å². The van der Waals surface area contributed by atoms with Gasteiger partial charge in [0.25, 0.3) is 0 Å². The monoisotopic (exact) mass is 527 g/mol. The molecule has 1 amide bonds. The quantitative estimate of drug-likeness (QED) is 0.562. The zero-order chi connectivity index (χ0) is 25.8. The Hall–Kier alpha value is -2.88. The van der Waals surface area contributed by atoms with E-state index in [9.17, 15) is 14.0 Å². The molecular weight excluding hydrogens is 497 g/mol. The Morgan fingerprint density at radius 2 is 1.95 bits per heavy atom. The molecule has 8 nitrogen and oxygen atoms in total. The number of nitrogens with zero attached hydrogens (tertiary/aromatic N) is 4. The number of ether oxygens (including phenoxy) is 1. The first kappa shape index (κ1) is 25.8. The highest BCUT2D eigenvalue weighted by atomic mass is 35.5. The maximum Gasteiger partial charge on any atom is 0.236 e. The number of halogens is 2. The second-order valence-corrected chi connectivity index (χ2v) is 10.2. The molecule has 0 spiro atoms. The van der Waals surface area contributed by atoms with Gasteiger partial charge in [0.15, 0.2) is 5.78 Å². The van der Waals surface area contributed by atoms with Crippen molar-refractivity contribution in [2.45, 2.75) is 44.7 Å². The lowest BCUT2D eigenvalue weighted by atomic mass is 10.00. The van der Waals surface area contributed by atoms with Gasteiger partial charge in [-0.3, -0.25) is 19.6 Å². The number of carbonyl (C=O) groups excluding carboxylic acids is 2. The molecule has 10 heteroatoms. The Bertz CT molecular complexity index is 1190. The molecule has 2 fully saturated rings. The molecule has 1 N–H and O–H groups in total. The summed E-state index contributed by atoms with van der Waals surface area (Å²) in [5.74, 6) is -0.123. The number of benzene rings is 1. The number of hydrogen-bond acceptors (Lipinski definition) is 7. The fourth-order valence-corrected chi connectivity index (χ4v) is 5.43. The number of aliphatic imine (C=N–C) groups is 1. The second-order valence-electron chi connectivity index (χ2n) is 9.75. The minimum absolute atomic E-state index is 0.0347. The number of Topliss-reactive ketones (excluding diaryl/α,β-unsaturated/α-hetero) is 1. The largest absolute Gasteiger partial charge is 0.488 e. The molecular formula is C27H31ClFN5O3. The highest BCUT2D eigenvalue weighted by Crippen LogP contribution is 2.29. The van der Waals surface area contributed by atoms with Crippen molar-refractivity contribution >= 4 is 34.7 Å². The Morgan fingerprint density at radius 3 is 2.70 bits per heavy atom. The molecule has 1 aromatic heterocycles. The smallest absolute Gasteiger partial charge is 0.236 e. The third-order valence-corrected chi connectivity index (χ3v) is 7.56. The van der Waals surface area contributed by atoms with Crippen molar-refractivity contribution in [2.75, 3.05) is 39.3 Å². The zero-order valence-electron chi connectivity index (χ0n) is 20.7. The molecule has 2 aromatic rings. The normalized spacial score (nSPS) is 18.6. The van der Waals surface area contributed by atoms with Crippen molar-refractivity contribution in [1.82, 2.24) is 20.1 Å². The van der Waals surface area contributed by atoms with Crippen LogP contribution in [-0.4, -0.2) is 77.6 Å². The van der Waals surface area contributed by atoms with E-state index in [1.165, 1.54) is 44.1 Å². The molecule has 0 aliphatic carbocycles. The summed E-state index contributed by atoms with van der Waals surface area (Å²) in [5.41, 5.74) is 2.16. The number of amides is 1. The van der Waals surface area contributed by atoms with Crippen LogP contribution in [0.25, 0.3) is 0 Å². The summed E-state index contributed by atoms with van der Waals surface area (Å²) in [6.07, 6.45) is 6.36. The molecule has 0 radical (unpaired) electrons. The van der Waals surface area contributed by atoms with Gasteiger partial charge in [0, 0.05) is 43.5 Å². The number of likely N-dealkylation sites (tertiary alicyclic amines) is 2. The molecule has 0 unspecified atom stereocenters. The van der Waals surface area contributed by atoms with Crippen LogP contribution in [0.3, 0.4) is 0 Å². The van der Waals surface area contributed by atoms with Crippen molar-refractivity contribution in [3.8, 4) is 5.75 Å². The summed E-state index contributed by atoms with van der Waals surface area (Å²) in [4.78, 5) is 39.1. The van der Waals surface area contributed by atoms with E-state index in [-0.39, 0.29) is 36.3 Å². The number of pyridine rings is 1. The molecule has 0 atom stereocenters. The summed E-state index contributed by atoms with van der Waals surface area (Å²) in [6.45, 7) is 4.56. The fraction of sp³-hybridized carbons (Fsp3) is 0.481. The van der Waals surface area contributed by atoms with Crippen LogP contribution < -0.4 is 10.1 Å². The summed E-state index contributed by atoms with van der Waals surface area (Å²) in [6, 6.07) is 6.36. The Balaban J connectivity index is 1.16. The van der Waals surface area contributed by atoms with E-state index >= 15 is 0 Å². The van der Waals surface area contributed by atoms with Crippen LogP contribution in [0.2, 0.25) is 5.02 Å². The molecule has 3 aliphatic rings. The first-order valence-electron chi connectivity index (χ1n) is 12.9. The minimum Gasteiger partial charge on any atom is -0.488 e. The van der Waals surface area contributed by atoms with Gasteiger partial charge in [-0.2, -0.15) is 0 Å². The maximum atomic E-state index is 13.4. The standard InChI is InChI=1S/C27H31ClFN5O3/c28-22-14-20(3-4-23(22)29)37-17-18-13-25(35)21-5-8-31-24(27(21)32-18)15-30-16-26(36)34-11-6-19(7-12-34)33-9-1-2-10-33/h3-5,8,14,19,30H,1-2,6-7,9-13,15-17H2. The van der Waals surface area contributed by atoms with Crippen LogP contribution in [0.15, 0.2) is 35.5 Å². The van der Waals surface area contributed by atoms with Crippen LogP contribution in [0, 0.1) is 5.82 Å². The number of rotatable bonds is 8. The van der Waals surface area contributed by atoms with Gasteiger partial charge < -0.3 is 19.9 Å². The summed E-state index contributed by atoms with van der Waals surface area (Å²) in [7, 11) is 0. The van der Waals surface area contributed by atoms with Gasteiger partial charge in [0.2, 0.25) is 5.91 Å². The first-order valence-corrected chi connectivity index (χ1v) is 13.2. The minimum atomic E-state index is -0.526. The molecule has 37 heavy (non-hydrogen) atoms. The topological polar surface area (TPSA) is 87.1 Å². The number of hydrogen-bond donors (Lipinski definition) is 1. The van der Waals surface area contributed by atoms with Gasteiger partial charge in [-0.25, -0.2) is 4.39 Å². The molecule has 196 valence electrons. The van der Waals surface area contributed by atoms with Gasteiger partial charge in [0.1, 0.15) is 18.2 Å². The van der Waals surface area contributed by atoms with Crippen LogP contribution in [-0.2, 0) is 11.3 Å². The molecule has 0 bridgehead atoms. The van der Waals surface area contributed by atoms with Gasteiger partial charge >= 0.3 is 0 Å². The van der Waals surface area contributed by atoms with E-state index in [1.807, 2.05) is 4.90 Å². The van der Waals surface area contributed by atoms with E-state index < -0.39 is 5.82 Å². The number of carbonyl (C=O) groups is 2. The maximum absolute atomic E-state index is 13.4. The van der Waals surface area contributed by atoms with E-state index in [0.717, 1.165) is 25.9 Å². The Labute approximate surface area is 220 Å². The van der Waals surface area contributed by atoms with Gasteiger partial charge in [-0.15, -0.1) is 0 Å². The van der Waals surface area contributed by atoms with Crippen molar-refractivity contribution < 1.29 is 18.7 Å². The van der Waals surface area contributed by atoms with Crippen LogP contribution >= 0.6 is 11.6 Å². The molecule has 1 aromatic carbocycles. The average Bonchev–Trinajstić information content (AvgIpc) is 3.45. The van der Waals surface area contributed by atoms with Crippen molar-refractivity contribution in [3.63, 3.8) is 0 Å². The van der Waals surface area contributed by atoms with Crippen molar-refractivity contribution in [1.29, 1.82) is 0 Å². The van der Waals surface area contributed by atoms with E-state index in [1.54, 1.807) is 12.3 Å². The lowest BCUT2D eigenvalue weighted by Gasteiger charge is -2.36. The third-order valence-electron chi connectivity index (χ3n) is 7.27. The summed E-state index contributed by atoms with van der Waals surface area (Å²) in [5, 5.41) is 3.15. The van der Waals surface area contributed by atoms with Crippen molar-refractivity contribution in [2.24, 2.45) is 4.99 Å². The van der Waals surface area contributed by atoms with E-state index in [2.05, 4.69) is 20.2 Å². The van der Waals surface area contributed by atoms with Crippen LogP contribution in [0.5, 0.6) is 5.75 Å². The molecule has 2 saturated heterocycles. The third kappa shape index (κ3) is 6.17. The predicted octanol–water partition coefficient (Wildman–Crippen LogP) is 3.79. The SMILES string of the molecule is O=C1CC(COc2ccc(F)c(Cl)c2)=Nc2c1ccnc2CNCC(=O)N1CCC(N2CCCC2)CC1. The molecule has 0 saturated carbocycles. The van der Waals surface area contributed by atoms with E-state index in [0.29, 0.717) is 41.0 Å². The first-order chi connectivity index (χ1) is 18.0. The number of piperidine rings is 1. The molecule has 4 heterocycles. The zero-order valence-corrected chi connectivity index (χ0v) is 21.5. The number of nitrogens with one attached hydrogen (secondary N) is 1. The number of ketones is 1. The van der Waals surface area contributed by atoms with Gasteiger partial charge in [0.05, 0.1) is 35.1 Å². The summed E-state index contributed by atoms with van der Waals surface area (Å²) >= 11 is 5.82.